The molecule has 1 heterocycles. The number of nitrogens with one attached hydrogen (secondary N) is 2. The van der Waals surface area contributed by atoms with E-state index in [1.54, 1.807) is 25.1 Å². The molecular weight excluding hydrogens is 303 g/mol. The van der Waals surface area contributed by atoms with Crippen LogP contribution < -0.4 is 10.6 Å². The average molecular weight is 320 g/mol. The van der Waals surface area contributed by atoms with Gasteiger partial charge in [-0.3, -0.25) is 9.59 Å². The Hall–Kier alpha value is -2.21. The Bertz CT molecular complexity index is 656. The summed E-state index contributed by atoms with van der Waals surface area (Å²) in [5, 5.41) is 7.22. The molecule has 0 saturated heterocycles. The van der Waals surface area contributed by atoms with Crippen LogP contribution in [-0.4, -0.2) is 18.4 Å². The number of hydrogen-bond donors (Lipinski definition) is 2. The van der Waals surface area contributed by atoms with Gasteiger partial charge in [-0.1, -0.05) is 12.1 Å². The lowest BCUT2D eigenvalue weighted by Crippen LogP contribution is -2.24. The number of anilines is 1. The maximum Gasteiger partial charge on any atom is 0.261 e. The fraction of sp³-hybridized carbons (Fsp3) is 0.250. The summed E-state index contributed by atoms with van der Waals surface area (Å²) in [6.45, 7) is 2.09. The summed E-state index contributed by atoms with van der Waals surface area (Å²) in [6.07, 6.45) is 0.789. The molecule has 0 unspecified atom stereocenters. The van der Waals surface area contributed by atoms with E-state index >= 15 is 0 Å². The maximum atomic E-state index is 13.4. The van der Waals surface area contributed by atoms with Crippen molar-refractivity contribution in [3.63, 3.8) is 0 Å². The minimum atomic E-state index is -0.346. The Morgan fingerprint density at radius 3 is 2.77 bits per heavy atom. The molecule has 2 N–H and O–H groups in total. The van der Waals surface area contributed by atoms with Crippen molar-refractivity contribution >= 4 is 28.8 Å². The van der Waals surface area contributed by atoms with Crippen LogP contribution in [0, 0.1) is 12.7 Å². The predicted octanol–water partition coefficient (Wildman–Crippen LogP) is 3.34. The molecule has 0 fully saturated rings. The molecule has 0 aliphatic heterocycles. The van der Waals surface area contributed by atoms with Gasteiger partial charge in [0.25, 0.3) is 5.91 Å². The number of amides is 2. The molecule has 2 rings (SSSR count). The average Bonchev–Trinajstić information content (AvgIpc) is 3.01. The summed E-state index contributed by atoms with van der Waals surface area (Å²) >= 11 is 1.37. The first-order chi connectivity index (χ1) is 10.6. The number of carbonyl (C=O) groups is 2. The number of thiophene rings is 1. The van der Waals surface area contributed by atoms with Crippen molar-refractivity contribution in [2.75, 3.05) is 11.9 Å². The van der Waals surface area contributed by atoms with Gasteiger partial charge in [0.15, 0.2) is 0 Å². The SMILES string of the molecule is Cc1ccc(NC(=O)CCCNC(=O)c2cccs2)cc1F. The van der Waals surface area contributed by atoms with Gasteiger partial charge in [0.05, 0.1) is 4.88 Å². The number of aryl methyl sites for hydroxylation is 1. The van der Waals surface area contributed by atoms with Crippen LogP contribution in [0.3, 0.4) is 0 Å². The van der Waals surface area contributed by atoms with Gasteiger partial charge >= 0.3 is 0 Å². The van der Waals surface area contributed by atoms with Gasteiger partial charge < -0.3 is 10.6 Å². The van der Waals surface area contributed by atoms with Crippen LogP contribution in [0.5, 0.6) is 0 Å². The fourth-order valence-corrected chi connectivity index (χ4v) is 2.48. The van der Waals surface area contributed by atoms with Crippen LogP contribution in [0.1, 0.15) is 28.1 Å². The second-order valence-corrected chi connectivity index (χ2v) is 5.80. The number of hydrogen-bond acceptors (Lipinski definition) is 3. The zero-order valence-corrected chi connectivity index (χ0v) is 13.0. The van der Waals surface area contributed by atoms with E-state index < -0.39 is 0 Å². The Morgan fingerprint density at radius 1 is 1.27 bits per heavy atom. The molecule has 22 heavy (non-hydrogen) atoms. The van der Waals surface area contributed by atoms with Gasteiger partial charge in [0.2, 0.25) is 5.91 Å². The number of carbonyl (C=O) groups excluding carboxylic acids is 2. The number of rotatable bonds is 6. The highest BCUT2D eigenvalue weighted by Gasteiger charge is 2.07. The van der Waals surface area contributed by atoms with Crippen LogP contribution in [0.4, 0.5) is 10.1 Å². The molecule has 6 heteroatoms. The monoisotopic (exact) mass is 320 g/mol. The van der Waals surface area contributed by atoms with Crippen molar-refractivity contribution in [1.29, 1.82) is 0 Å². The van der Waals surface area contributed by atoms with Crippen LogP contribution in [0.25, 0.3) is 0 Å². The summed E-state index contributed by atoms with van der Waals surface area (Å²) in [5.74, 6) is -0.675. The molecule has 0 radical (unpaired) electrons. The van der Waals surface area contributed by atoms with E-state index in [-0.39, 0.29) is 24.1 Å². The molecule has 0 spiro atoms. The molecular formula is C16H17FN2O2S. The van der Waals surface area contributed by atoms with Gasteiger partial charge in [0.1, 0.15) is 5.82 Å². The van der Waals surface area contributed by atoms with Crippen molar-refractivity contribution < 1.29 is 14.0 Å². The lowest BCUT2D eigenvalue weighted by atomic mass is 10.2. The predicted molar refractivity (Wildman–Crippen MR) is 85.7 cm³/mol. The molecule has 0 atom stereocenters. The van der Waals surface area contributed by atoms with E-state index in [9.17, 15) is 14.0 Å². The zero-order chi connectivity index (χ0) is 15.9. The Balaban J connectivity index is 1.69. The Kier molecular flexibility index (Phi) is 5.66. The summed E-state index contributed by atoms with van der Waals surface area (Å²) in [6, 6.07) is 8.14. The zero-order valence-electron chi connectivity index (χ0n) is 12.2. The van der Waals surface area contributed by atoms with E-state index in [0.717, 1.165) is 0 Å². The van der Waals surface area contributed by atoms with E-state index in [4.69, 9.17) is 0 Å². The largest absolute Gasteiger partial charge is 0.351 e. The van der Waals surface area contributed by atoms with Crippen molar-refractivity contribution in [1.82, 2.24) is 5.32 Å². The Labute approximate surface area is 132 Å². The van der Waals surface area contributed by atoms with E-state index in [0.29, 0.717) is 29.1 Å². The molecule has 0 bridgehead atoms. The van der Waals surface area contributed by atoms with Crippen molar-refractivity contribution in [2.45, 2.75) is 19.8 Å². The molecule has 0 saturated carbocycles. The Morgan fingerprint density at radius 2 is 2.09 bits per heavy atom. The summed E-state index contributed by atoms with van der Waals surface area (Å²) in [7, 11) is 0. The third-order valence-electron chi connectivity index (χ3n) is 3.07. The lowest BCUT2D eigenvalue weighted by molar-refractivity contribution is -0.116. The van der Waals surface area contributed by atoms with Crippen LogP contribution in [-0.2, 0) is 4.79 Å². The normalized spacial score (nSPS) is 10.3. The van der Waals surface area contributed by atoms with Gasteiger partial charge in [0, 0.05) is 18.7 Å². The first kappa shape index (κ1) is 16.2. The molecule has 0 aliphatic rings. The molecule has 2 aromatic rings. The maximum absolute atomic E-state index is 13.4. The van der Waals surface area contributed by atoms with Crippen molar-refractivity contribution in [2.24, 2.45) is 0 Å². The molecule has 4 nitrogen and oxygen atoms in total. The van der Waals surface area contributed by atoms with Gasteiger partial charge in [-0.05, 0) is 42.5 Å². The third-order valence-corrected chi connectivity index (χ3v) is 3.94. The van der Waals surface area contributed by atoms with Gasteiger partial charge in [-0.15, -0.1) is 11.3 Å². The van der Waals surface area contributed by atoms with Crippen LogP contribution in [0.15, 0.2) is 35.7 Å². The standard InChI is InChI=1S/C16H17FN2O2S/c1-11-6-7-12(10-13(11)17)19-15(20)5-2-8-18-16(21)14-4-3-9-22-14/h3-4,6-7,9-10H,2,5,8H2,1H3,(H,18,21)(H,19,20). The molecule has 1 aromatic heterocycles. The van der Waals surface area contributed by atoms with Crippen LogP contribution >= 0.6 is 11.3 Å². The molecule has 0 aliphatic carbocycles. The second-order valence-electron chi connectivity index (χ2n) is 4.85. The van der Waals surface area contributed by atoms with Gasteiger partial charge in [-0.25, -0.2) is 4.39 Å². The quantitative estimate of drug-likeness (QED) is 0.802. The lowest BCUT2D eigenvalue weighted by Gasteiger charge is -2.07. The number of benzene rings is 1. The molecule has 116 valence electrons. The third kappa shape index (κ3) is 4.66. The first-order valence-electron chi connectivity index (χ1n) is 6.94. The van der Waals surface area contributed by atoms with E-state index in [1.807, 2.05) is 11.4 Å². The second kappa shape index (κ2) is 7.70. The highest BCUT2D eigenvalue weighted by atomic mass is 32.1. The van der Waals surface area contributed by atoms with E-state index in [2.05, 4.69) is 10.6 Å². The summed E-state index contributed by atoms with van der Waals surface area (Å²) in [5.41, 5.74) is 0.977. The first-order valence-corrected chi connectivity index (χ1v) is 7.82. The fourth-order valence-electron chi connectivity index (χ4n) is 1.84. The highest BCUT2D eigenvalue weighted by Crippen LogP contribution is 2.14. The minimum absolute atomic E-state index is 0.129. The van der Waals surface area contributed by atoms with Gasteiger partial charge in [-0.2, -0.15) is 0 Å². The summed E-state index contributed by atoms with van der Waals surface area (Å²) < 4.78 is 13.4. The smallest absolute Gasteiger partial charge is 0.261 e. The highest BCUT2D eigenvalue weighted by molar-refractivity contribution is 7.12. The molecule has 2 amide bonds. The van der Waals surface area contributed by atoms with Crippen molar-refractivity contribution in [3.8, 4) is 0 Å². The van der Waals surface area contributed by atoms with Crippen molar-refractivity contribution in [3.05, 3.63) is 52.0 Å². The van der Waals surface area contributed by atoms with E-state index in [1.165, 1.54) is 17.4 Å². The van der Waals surface area contributed by atoms with Crippen LogP contribution in [0.2, 0.25) is 0 Å². The topological polar surface area (TPSA) is 58.2 Å². The minimum Gasteiger partial charge on any atom is -0.351 e. The molecule has 1 aromatic carbocycles. The summed E-state index contributed by atoms with van der Waals surface area (Å²) in [4.78, 5) is 24.1. The number of halogens is 1.